The summed E-state index contributed by atoms with van der Waals surface area (Å²) in [7, 11) is 0. The third-order valence-electron chi connectivity index (χ3n) is 2.68. The molecule has 58 valence electrons. The van der Waals surface area contributed by atoms with Crippen LogP contribution in [0.1, 0.15) is 26.7 Å². The molecule has 2 nitrogen and oxygen atoms in total. The molecule has 1 aliphatic carbocycles. The van der Waals surface area contributed by atoms with Crippen molar-refractivity contribution < 1.29 is 9.90 Å². The smallest absolute Gasteiger partial charge is 0.138 e. The lowest BCUT2D eigenvalue weighted by molar-refractivity contribution is -0.125. The van der Waals surface area contributed by atoms with E-state index in [1.807, 2.05) is 13.8 Å². The number of hydrogen-bond donors (Lipinski definition) is 1. The van der Waals surface area contributed by atoms with Crippen molar-refractivity contribution in [3.8, 4) is 0 Å². The normalized spacial score (nSPS) is 31.1. The maximum atomic E-state index is 11.2. The van der Waals surface area contributed by atoms with Crippen LogP contribution < -0.4 is 0 Å². The van der Waals surface area contributed by atoms with E-state index in [1.165, 1.54) is 0 Å². The van der Waals surface area contributed by atoms with Gasteiger partial charge in [-0.2, -0.15) is 0 Å². The lowest BCUT2D eigenvalue weighted by atomic mass is 9.82. The van der Waals surface area contributed by atoms with E-state index in [4.69, 9.17) is 5.11 Å². The Labute approximate surface area is 61.2 Å². The van der Waals surface area contributed by atoms with Crippen molar-refractivity contribution in [3.05, 3.63) is 0 Å². The Bertz CT molecular complexity index is 149. The maximum Gasteiger partial charge on any atom is 0.138 e. The number of aliphatic hydroxyl groups excluding tert-OH is 1. The second-order valence-corrected chi connectivity index (χ2v) is 3.56. The quantitative estimate of drug-likeness (QED) is 0.592. The minimum Gasteiger partial charge on any atom is -0.396 e. The molecule has 1 fully saturated rings. The van der Waals surface area contributed by atoms with Crippen LogP contribution >= 0.6 is 0 Å². The van der Waals surface area contributed by atoms with Gasteiger partial charge in [0, 0.05) is 18.4 Å². The van der Waals surface area contributed by atoms with Crippen molar-refractivity contribution in [3.63, 3.8) is 0 Å². The summed E-state index contributed by atoms with van der Waals surface area (Å²) >= 11 is 0. The molecule has 0 saturated heterocycles. The van der Waals surface area contributed by atoms with Gasteiger partial charge >= 0.3 is 0 Å². The van der Waals surface area contributed by atoms with Gasteiger partial charge in [-0.05, 0) is 12.3 Å². The predicted molar refractivity (Wildman–Crippen MR) is 38.6 cm³/mol. The molecule has 1 atom stereocenters. The van der Waals surface area contributed by atoms with Crippen molar-refractivity contribution in [2.75, 3.05) is 6.61 Å². The van der Waals surface area contributed by atoms with Crippen molar-refractivity contribution in [1.82, 2.24) is 0 Å². The molecule has 1 rings (SSSR count). The van der Waals surface area contributed by atoms with Crippen LogP contribution in [0, 0.1) is 11.3 Å². The van der Waals surface area contributed by atoms with Gasteiger partial charge in [-0.3, -0.25) is 4.79 Å². The lowest BCUT2D eigenvalue weighted by Crippen LogP contribution is -2.27. The Morgan fingerprint density at radius 3 is 2.50 bits per heavy atom. The highest BCUT2D eigenvalue weighted by Gasteiger charge is 2.41. The van der Waals surface area contributed by atoms with Crippen LogP contribution in [0.3, 0.4) is 0 Å². The zero-order chi connectivity index (χ0) is 7.78. The van der Waals surface area contributed by atoms with Crippen LogP contribution in [0.15, 0.2) is 0 Å². The number of rotatable bonds is 1. The number of carbonyl (C=O) groups excluding carboxylic acids is 1. The Morgan fingerprint density at radius 2 is 2.30 bits per heavy atom. The summed E-state index contributed by atoms with van der Waals surface area (Å²) in [5.74, 6) is 0.492. The zero-order valence-electron chi connectivity index (χ0n) is 6.55. The Kier molecular flexibility index (Phi) is 1.82. The molecule has 0 amide bonds. The molecule has 10 heavy (non-hydrogen) atoms. The number of ketones is 1. The van der Waals surface area contributed by atoms with E-state index >= 15 is 0 Å². The molecule has 0 bridgehead atoms. The van der Waals surface area contributed by atoms with Gasteiger partial charge in [-0.1, -0.05) is 13.8 Å². The average molecular weight is 142 g/mol. The van der Waals surface area contributed by atoms with Crippen molar-refractivity contribution in [2.45, 2.75) is 26.7 Å². The van der Waals surface area contributed by atoms with Gasteiger partial charge in [0.05, 0.1) is 0 Å². The predicted octanol–water partition coefficient (Wildman–Crippen LogP) is 0.984. The first-order chi connectivity index (χ1) is 4.59. The molecule has 0 unspecified atom stereocenters. The van der Waals surface area contributed by atoms with E-state index in [9.17, 15) is 4.79 Å². The summed E-state index contributed by atoms with van der Waals surface area (Å²) < 4.78 is 0. The van der Waals surface area contributed by atoms with Gasteiger partial charge in [-0.25, -0.2) is 0 Å². The summed E-state index contributed by atoms with van der Waals surface area (Å²) in [6.45, 7) is 3.99. The fraction of sp³-hybridized carbons (Fsp3) is 0.875. The third kappa shape index (κ3) is 0.966. The minimum atomic E-state index is -0.269. The van der Waals surface area contributed by atoms with Crippen molar-refractivity contribution in [1.29, 1.82) is 0 Å². The number of Topliss-reactive ketones (excluding diaryl/α,β-unsaturated/α-hetero) is 1. The van der Waals surface area contributed by atoms with Gasteiger partial charge in [0.2, 0.25) is 0 Å². The molecule has 1 saturated carbocycles. The molecule has 2 heteroatoms. The highest BCUT2D eigenvalue weighted by molar-refractivity contribution is 5.86. The van der Waals surface area contributed by atoms with Crippen LogP contribution in [-0.4, -0.2) is 17.5 Å². The third-order valence-corrected chi connectivity index (χ3v) is 2.68. The maximum absolute atomic E-state index is 11.2. The highest BCUT2D eigenvalue weighted by atomic mass is 16.3. The molecule has 0 radical (unpaired) electrons. The van der Waals surface area contributed by atoms with Gasteiger partial charge in [0.15, 0.2) is 0 Å². The van der Waals surface area contributed by atoms with Gasteiger partial charge in [-0.15, -0.1) is 0 Å². The summed E-state index contributed by atoms with van der Waals surface area (Å²) in [6.07, 6.45) is 1.51. The van der Waals surface area contributed by atoms with Gasteiger partial charge in [0.1, 0.15) is 5.78 Å². The largest absolute Gasteiger partial charge is 0.396 e. The summed E-state index contributed by atoms with van der Waals surface area (Å²) in [6, 6.07) is 0. The second kappa shape index (κ2) is 2.35. The molecular formula is C8H14O2. The lowest BCUT2D eigenvalue weighted by Gasteiger charge is -2.22. The molecule has 1 N–H and O–H groups in total. The minimum absolute atomic E-state index is 0.152. The standard InChI is InChI=1S/C8H14O2/c1-8(2)6(5-9)3-4-7(8)10/h6,9H,3-5H2,1-2H3/t6-/m1/s1. The fourth-order valence-electron chi connectivity index (χ4n) is 1.54. The van der Waals surface area contributed by atoms with E-state index in [2.05, 4.69) is 0 Å². The van der Waals surface area contributed by atoms with Gasteiger partial charge in [0.25, 0.3) is 0 Å². The van der Waals surface area contributed by atoms with E-state index in [-0.39, 0.29) is 17.9 Å². The monoisotopic (exact) mass is 142 g/mol. The zero-order valence-corrected chi connectivity index (χ0v) is 6.55. The van der Waals surface area contributed by atoms with Crippen molar-refractivity contribution >= 4 is 5.78 Å². The Hall–Kier alpha value is -0.370. The molecule has 0 spiro atoms. The molecule has 0 aliphatic heterocycles. The SMILES string of the molecule is CC1(C)C(=O)CC[C@@H]1CO. The van der Waals surface area contributed by atoms with Crippen LogP contribution in [0.4, 0.5) is 0 Å². The van der Waals surface area contributed by atoms with Crippen LogP contribution in [0.5, 0.6) is 0 Å². The van der Waals surface area contributed by atoms with E-state index in [1.54, 1.807) is 0 Å². The molecule has 1 aliphatic rings. The van der Waals surface area contributed by atoms with Crippen LogP contribution in [-0.2, 0) is 4.79 Å². The second-order valence-electron chi connectivity index (χ2n) is 3.56. The van der Waals surface area contributed by atoms with Crippen LogP contribution in [0.25, 0.3) is 0 Å². The first-order valence-electron chi connectivity index (χ1n) is 3.73. The molecule has 0 heterocycles. The summed E-state index contributed by atoms with van der Waals surface area (Å²) in [5.41, 5.74) is -0.269. The van der Waals surface area contributed by atoms with Gasteiger partial charge < -0.3 is 5.11 Å². The van der Waals surface area contributed by atoms with E-state index in [0.717, 1.165) is 6.42 Å². The Balaban J connectivity index is 2.73. The first-order valence-corrected chi connectivity index (χ1v) is 3.73. The number of aliphatic hydroxyl groups is 1. The number of carbonyl (C=O) groups is 1. The molecule has 0 aromatic rings. The molecule has 0 aromatic heterocycles. The number of hydrogen-bond acceptors (Lipinski definition) is 2. The van der Waals surface area contributed by atoms with E-state index < -0.39 is 0 Å². The molecule has 0 aromatic carbocycles. The fourth-order valence-corrected chi connectivity index (χ4v) is 1.54. The highest BCUT2D eigenvalue weighted by Crippen LogP contribution is 2.38. The van der Waals surface area contributed by atoms with E-state index in [0.29, 0.717) is 12.2 Å². The van der Waals surface area contributed by atoms with Crippen LogP contribution in [0.2, 0.25) is 0 Å². The summed E-state index contributed by atoms with van der Waals surface area (Å²) in [5, 5.41) is 8.87. The van der Waals surface area contributed by atoms with Crippen molar-refractivity contribution in [2.24, 2.45) is 11.3 Å². The molecular weight excluding hydrogens is 128 g/mol. The average Bonchev–Trinajstić information content (AvgIpc) is 2.10. The first kappa shape index (κ1) is 7.73. The topological polar surface area (TPSA) is 37.3 Å². The summed E-state index contributed by atoms with van der Waals surface area (Å²) in [4.78, 5) is 11.2. The Morgan fingerprint density at radius 1 is 1.70 bits per heavy atom.